The van der Waals surface area contributed by atoms with Gasteiger partial charge in [-0.05, 0) is 31.2 Å². The molecule has 0 saturated carbocycles. The van der Waals surface area contributed by atoms with Crippen LogP contribution in [-0.2, 0) is 6.42 Å². The Labute approximate surface area is 194 Å². The number of para-hydroxylation sites is 1. The Morgan fingerprint density at radius 1 is 1.06 bits per heavy atom. The van der Waals surface area contributed by atoms with Crippen LogP contribution in [0.2, 0.25) is 0 Å². The molecule has 10 nitrogen and oxygen atoms in total. The number of aryl methyl sites for hydroxylation is 1. The van der Waals surface area contributed by atoms with Crippen molar-refractivity contribution < 1.29 is 4.79 Å². The second kappa shape index (κ2) is 9.30. The molecule has 0 spiro atoms. The van der Waals surface area contributed by atoms with Gasteiger partial charge in [-0.3, -0.25) is 14.2 Å². The number of nitrogens with zero attached hydrogens (tertiary/aromatic N) is 6. The fourth-order valence-corrected chi connectivity index (χ4v) is 3.56. The van der Waals surface area contributed by atoms with Gasteiger partial charge in [-0.1, -0.05) is 31.0 Å². The smallest absolute Gasteiger partial charge is 0.283 e. The van der Waals surface area contributed by atoms with Crippen molar-refractivity contribution in [3.63, 3.8) is 0 Å². The summed E-state index contributed by atoms with van der Waals surface area (Å²) in [4.78, 5) is 27.8. The van der Waals surface area contributed by atoms with Crippen molar-refractivity contribution in [2.75, 3.05) is 5.73 Å². The number of anilines is 1. The molecule has 0 fully saturated rings. The molecular formula is C24H22N8O2. The normalized spacial score (nSPS) is 10.4. The van der Waals surface area contributed by atoms with E-state index in [0.29, 0.717) is 23.1 Å². The fourth-order valence-electron chi connectivity index (χ4n) is 3.56. The molecule has 4 heterocycles. The summed E-state index contributed by atoms with van der Waals surface area (Å²) in [6.07, 6.45) is 5.64. The van der Waals surface area contributed by atoms with Crippen LogP contribution in [0.5, 0.6) is 0 Å². The molecule has 4 aromatic heterocycles. The van der Waals surface area contributed by atoms with Gasteiger partial charge in [0.2, 0.25) is 0 Å². The highest BCUT2D eigenvalue weighted by atomic mass is 16.1. The van der Waals surface area contributed by atoms with Crippen LogP contribution in [-0.4, -0.2) is 34.7 Å². The molecule has 0 bridgehead atoms. The number of fused-ring (bicyclic) bond motifs is 2. The van der Waals surface area contributed by atoms with Gasteiger partial charge in [-0.25, -0.2) is 14.0 Å². The first-order valence-electron chi connectivity index (χ1n) is 10.5. The van der Waals surface area contributed by atoms with Gasteiger partial charge in [-0.2, -0.15) is 5.10 Å². The van der Waals surface area contributed by atoms with Crippen molar-refractivity contribution in [3.05, 3.63) is 88.4 Å². The summed E-state index contributed by atoms with van der Waals surface area (Å²) < 4.78 is 4.70. The molecule has 0 saturated heterocycles. The number of hydrogen-bond donors (Lipinski definition) is 2. The molecule has 0 aliphatic rings. The number of rotatable bonds is 3. The maximum atomic E-state index is 12.9. The van der Waals surface area contributed by atoms with Gasteiger partial charge in [-0.15, -0.1) is 11.0 Å². The minimum absolute atomic E-state index is 0.0872. The summed E-state index contributed by atoms with van der Waals surface area (Å²) in [5, 5.41) is 8.41. The maximum Gasteiger partial charge on any atom is 0.283 e. The van der Waals surface area contributed by atoms with Crippen LogP contribution < -0.4 is 17.0 Å². The van der Waals surface area contributed by atoms with E-state index in [4.69, 9.17) is 11.5 Å². The van der Waals surface area contributed by atoms with Crippen molar-refractivity contribution in [2.45, 2.75) is 20.3 Å². The topological polar surface area (TPSA) is 139 Å². The SMILES string of the molecule is CC#Cc1ccn2nc(CC)n(-c3ccccc3)c(=O)c12.NC(=O)c1c(N)nn2cccnc12. The molecule has 0 radical (unpaired) electrons. The van der Waals surface area contributed by atoms with E-state index in [1.165, 1.54) is 4.52 Å². The molecule has 1 aromatic carbocycles. The highest BCUT2D eigenvalue weighted by Gasteiger charge is 2.16. The third kappa shape index (κ3) is 3.98. The third-order valence-electron chi connectivity index (χ3n) is 5.01. The zero-order valence-corrected chi connectivity index (χ0v) is 18.6. The molecular weight excluding hydrogens is 432 g/mol. The van der Waals surface area contributed by atoms with E-state index in [2.05, 4.69) is 27.0 Å². The first-order valence-corrected chi connectivity index (χ1v) is 10.5. The van der Waals surface area contributed by atoms with E-state index in [1.54, 1.807) is 40.7 Å². The number of aromatic nitrogens is 6. The van der Waals surface area contributed by atoms with Crippen LogP contribution in [0, 0.1) is 11.8 Å². The predicted molar refractivity (Wildman–Crippen MR) is 129 cm³/mol. The number of primary amides is 1. The van der Waals surface area contributed by atoms with Crippen LogP contribution in [0.25, 0.3) is 16.9 Å². The van der Waals surface area contributed by atoms with Gasteiger partial charge in [0.15, 0.2) is 11.5 Å². The highest BCUT2D eigenvalue weighted by Crippen LogP contribution is 2.14. The summed E-state index contributed by atoms with van der Waals surface area (Å²) in [6.45, 7) is 3.75. The highest BCUT2D eigenvalue weighted by molar-refractivity contribution is 6.03. The minimum atomic E-state index is -0.619. The zero-order chi connectivity index (χ0) is 24.2. The Morgan fingerprint density at radius 2 is 1.82 bits per heavy atom. The number of benzene rings is 1. The van der Waals surface area contributed by atoms with Crippen LogP contribution in [0.4, 0.5) is 5.82 Å². The van der Waals surface area contributed by atoms with Crippen molar-refractivity contribution in [3.8, 4) is 17.5 Å². The number of nitrogens with two attached hydrogens (primary N) is 2. The lowest BCUT2D eigenvalue weighted by molar-refractivity contribution is 0.100. The lowest BCUT2D eigenvalue weighted by atomic mass is 10.2. The summed E-state index contributed by atoms with van der Waals surface area (Å²) in [6, 6.07) is 13.1. The first kappa shape index (κ1) is 22.3. The fraction of sp³-hybridized carbons (Fsp3) is 0.125. The maximum absolute atomic E-state index is 12.9. The lowest BCUT2D eigenvalue weighted by Gasteiger charge is -2.11. The Kier molecular flexibility index (Phi) is 6.09. The molecule has 10 heteroatoms. The molecule has 4 N–H and O–H groups in total. The van der Waals surface area contributed by atoms with E-state index < -0.39 is 5.91 Å². The molecule has 0 atom stereocenters. The van der Waals surface area contributed by atoms with Gasteiger partial charge in [0.1, 0.15) is 16.9 Å². The van der Waals surface area contributed by atoms with E-state index in [1.807, 2.05) is 43.3 Å². The van der Waals surface area contributed by atoms with Gasteiger partial charge < -0.3 is 11.5 Å². The second-order valence-corrected chi connectivity index (χ2v) is 7.16. The summed E-state index contributed by atoms with van der Waals surface area (Å²) in [5.41, 5.74) is 13.1. The number of hydrogen-bond acceptors (Lipinski definition) is 6. The van der Waals surface area contributed by atoms with Crippen molar-refractivity contribution in [1.29, 1.82) is 0 Å². The van der Waals surface area contributed by atoms with Gasteiger partial charge >= 0.3 is 0 Å². The van der Waals surface area contributed by atoms with E-state index in [-0.39, 0.29) is 16.9 Å². The number of carbonyl (C=O) groups excluding carboxylic acids is 1. The molecule has 0 aliphatic carbocycles. The summed E-state index contributed by atoms with van der Waals surface area (Å²) >= 11 is 0. The molecule has 5 aromatic rings. The number of carbonyl (C=O) groups is 1. The lowest BCUT2D eigenvalue weighted by Crippen LogP contribution is -2.26. The number of amides is 1. The van der Waals surface area contributed by atoms with Crippen LogP contribution in [0.15, 0.2) is 65.8 Å². The quantitative estimate of drug-likeness (QED) is 0.399. The summed E-state index contributed by atoms with van der Waals surface area (Å²) in [5.74, 6) is 6.01. The van der Waals surface area contributed by atoms with Crippen molar-refractivity contribution >= 4 is 22.9 Å². The average molecular weight is 454 g/mol. The first-order chi connectivity index (χ1) is 16.5. The van der Waals surface area contributed by atoms with Crippen molar-refractivity contribution in [2.24, 2.45) is 5.73 Å². The van der Waals surface area contributed by atoms with Crippen LogP contribution in [0.1, 0.15) is 35.6 Å². The van der Waals surface area contributed by atoms with E-state index >= 15 is 0 Å². The summed E-state index contributed by atoms with van der Waals surface area (Å²) in [7, 11) is 0. The van der Waals surface area contributed by atoms with Gasteiger partial charge in [0.05, 0.1) is 11.3 Å². The van der Waals surface area contributed by atoms with Crippen LogP contribution in [0.3, 0.4) is 0 Å². The van der Waals surface area contributed by atoms with E-state index in [0.717, 1.165) is 11.5 Å². The Hall–Kier alpha value is -4.91. The molecule has 34 heavy (non-hydrogen) atoms. The van der Waals surface area contributed by atoms with Gasteiger partial charge in [0.25, 0.3) is 11.5 Å². The molecule has 5 rings (SSSR count). The second-order valence-electron chi connectivity index (χ2n) is 7.16. The largest absolute Gasteiger partial charge is 0.381 e. The zero-order valence-electron chi connectivity index (χ0n) is 18.6. The Balaban J connectivity index is 0.000000180. The minimum Gasteiger partial charge on any atom is -0.381 e. The molecule has 0 aliphatic heterocycles. The van der Waals surface area contributed by atoms with Crippen molar-refractivity contribution in [1.82, 2.24) is 28.8 Å². The predicted octanol–water partition coefficient (Wildman–Crippen LogP) is 1.83. The molecule has 0 unspecified atom stereocenters. The monoisotopic (exact) mass is 454 g/mol. The Bertz CT molecular complexity index is 1620. The Morgan fingerprint density at radius 3 is 2.50 bits per heavy atom. The number of nitrogen functional groups attached to an aromatic ring is 1. The molecule has 170 valence electrons. The molecule has 1 amide bonds. The van der Waals surface area contributed by atoms with Gasteiger partial charge in [0, 0.05) is 25.0 Å². The average Bonchev–Trinajstić information content (AvgIpc) is 3.40. The standard InChI is InChI=1S/C17H15N3O.C7H7N5O/c1-3-8-13-11-12-19-16(13)17(21)20(15(4-2)18-19)14-9-6-5-7-10-14;8-5-4(6(9)13)7-10-2-1-3-12(7)11-5/h5-7,9-12H,4H2,1-2H3;1-3H,(H2,8,11)(H2,9,13). The van der Waals surface area contributed by atoms with Crippen LogP contribution >= 0.6 is 0 Å². The van der Waals surface area contributed by atoms with E-state index in [9.17, 15) is 9.59 Å². The third-order valence-corrected chi connectivity index (χ3v) is 5.01.